The summed E-state index contributed by atoms with van der Waals surface area (Å²) in [7, 11) is 0. The van der Waals surface area contributed by atoms with Crippen molar-refractivity contribution in [2.45, 2.75) is 22.9 Å². The van der Waals surface area contributed by atoms with Crippen molar-refractivity contribution in [1.82, 2.24) is 0 Å². The Balaban J connectivity index is 1.44. The van der Waals surface area contributed by atoms with Gasteiger partial charge in [0.15, 0.2) is 0 Å². The molecule has 0 radical (unpaired) electrons. The molecule has 0 saturated heterocycles. The molecule has 0 amide bonds. The molecule has 4 aromatic rings. The van der Waals surface area contributed by atoms with Crippen molar-refractivity contribution >= 4 is 3.21 Å². The molecule has 0 aliphatic heterocycles. The van der Waals surface area contributed by atoms with Crippen LogP contribution in [0.1, 0.15) is 34.0 Å². The Bertz CT molecular complexity index is 1410. The Kier molecular flexibility index (Phi) is 5.06. The summed E-state index contributed by atoms with van der Waals surface area (Å²) in [6, 6.07) is 36.3. The van der Waals surface area contributed by atoms with Crippen LogP contribution >= 0.6 is 0 Å². The quantitative estimate of drug-likeness (QED) is 0.256. The van der Waals surface area contributed by atoms with Crippen LogP contribution in [0.25, 0.3) is 33.4 Å². The molecule has 1 fully saturated rings. The van der Waals surface area contributed by atoms with Crippen LogP contribution in [0.15, 0.2) is 119 Å². The van der Waals surface area contributed by atoms with E-state index in [0.29, 0.717) is 3.63 Å². The van der Waals surface area contributed by atoms with Crippen molar-refractivity contribution in [1.29, 1.82) is 0 Å². The molecule has 0 aromatic heterocycles. The SMILES string of the molecule is C1=CC[C]([Zr](=[C]2CC2)[CH]2c3ccc(-c4ccccc4)cc3-c3cc(-c4ccccc4)ccc32)=C1. The molecule has 0 atom stereocenters. The molecule has 0 spiro atoms. The second-order valence-electron chi connectivity index (χ2n) is 9.61. The van der Waals surface area contributed by atoms with Gasteiger partial charge in [0.2, 0.25) is 0 Å². The summed E-state index contributed by atoms with van der Waals surface area (Å²) in [6.07, 6.45) is 11.1. The standard InChI is InChI=1S/C25H17.C5H5.C3H4.Zr/c1-3-7-18(8-4-1)20-11-13-22-15-23-14-12-21(17-25(23)24(22)16-20)19-9-5-2-6-10-19;1-2-4-5-3-1;1-2-3-1;/h1-17H;1-3H,4H2;1-2H2;. The zero-order valence-corrected chi connectivity index (χ0v) is 21.6. The molecule has 0 heterocycles. The van der Waals surface area contributed by atoms with E-state index in [-0.39, 0.29) is 0 Å². The molecule has 1 heteroatoms. The van der Waals surface area contributed by atoms with E-state index < -0.39 is 21.3 Å². The maximum atomic E-state index is 2.47. The molecule has 0 nitrogen and oxygen atoms in total. The summed E-state index contributed by atoms with van der Waals surface area (Å²) in [4.78, 5) is 0. The van der Waals surface area contributed by atoms with Crippen LogP contribution in [0.2, 0.25) is 0 Å². The van der Waals surface area contributed by atoms with Crippen LogP contribution in [0.5, 0.6) is 0 Å². The van der Waals surface area contributed by atoms with Gasteiger partial charge in [0.25, 0.3) is 0 Å². The van der Waals surface area contributed by atoms with E-state index in [9.17, 15) is 0 Å². The normalized spacial score (nSPS) is 15.8. The van der Waals surface area contributed by atoms with E-state index in [1.54, 1.807) is 14.4 Å². The van der Waals surface area contributed by atoms with Gasteiger partial charge in [-0.25, -0.2) is 0 Å². The summed E-state index contributed by atoms with van der Waals surface area (Å²) in [5.41, 5.74) is 11.3. The second-order valence-corrected chi connectivity index (χ2v) is 16.4. The van der Waals surface area contributed by atoms with E-state index >= 15 is 0 Å². The van der Waals surface area contributed by atoms with Gasteiger partial charge in [-0.1, -0.05) is 0 Å². The van der Waals surface area contributed by atoms with Gasteiger partial charge in [0.05, 0.1) is 0 Å². The number of hydrogen-bond acceptors (Lipinski definition) is 0. The number of rotatable bonds is 4. The summed E-state index contributed by atoms with van der Waals surface area (Å²) < 4.78 is 4.34. The molecule has 34 heavy (non-hydrogen) atoms. The Hall–Kier alpha value is -2.89. The van der Waals surface area contributed by atoms with Gasteiger partial charge in [-0.3, -0.25) is 0 Å². The van der Waals surface area contributed by atoms with Crippen molar-refractivity contribution in [3.05, 3.63) is 130 Å². The van der Waals surface area contributed by atoms with E-state index in [0.717, 1.165) is 0 Å². The van der Waals surface area contributed by atoms with Crippen molar-refractivity contribution in [2.24, 2.45) is 0 Å². The minimum absolute atomic E-state index is 0.616. The number of allylic oxidation sites excluding steroid dienone is 4. The third-order valence-corrected chi connectivity index (χ3v) is 16.2. The molecule has 0 N–H and O–H groups in total. The number of hydrogen-bond donors (Lipinski definition) is 0. The first kappa shape index (κ1) is 20.5. The van der Waals surface area contributed by atoms with Crippen molar-refractivity contribution in [2.75, 3.05) is 0 Å². The van der Waals surface area contributed by atoms with Gasteiger partial charge >= 0.3 is 210 Å². The van der Waals surface area contributed by atoms with Gasteiger partial charge in [-0.2, -0.15) is 0 Å². The molecule has 4 aromatic carbocycles. The van der Waals surface area contributed by atoms with Crippen LogP contribution in [0.4, 0.5) is 0 Å². The monoisotopic (exact) mass is 512 g/mol. The Labute approximate surface area is 209 Å². The van der Waals surface area contributed by atoms with Gasteiger partial charge in [0.1, 0.15) is 0 Å². The predicted molar refractivity (Wildman–Crippen MR) is 141 cm³/mol. The topological polar surface area (TPSA) is 0 Å². The third kappa shape index (κ3) is 3.50. The maximum absolute atomic E-state index is 2.47. The first-order valence-corrected chi connectivity index (χ1v) is 16.2. The van der Waals surface area contributed by atoms with Gasteiger partial charge in [-0.05, 0) is 0 Å². The fourth-order valence-corrected chi connectivity index (χ4v) is 14.7. The summed E-state index contributed by atoms with van der Waals surface area (Å²) in [6.45, 7) is 0. The zero-order valence-electron chi connectivity index (χ0n) is 19.2. The Morgan fingerprint density at radius 1 is 0.588 bits per heavy atom. The van der Waals surface area contributed by atoms with Crippen LogP contribution in [-0.4, -0.2) is 3.21 Å². The fourth-order valence-electron chi connectivity index (χ4n) is 5.78. The minimum atomic E-state index is -1.97. The fraction of sp³-hybridized carbons (Fsp3) is 0.121. The van der Waals surface area contributed by atoms with Crippen LogP contribution in [0.3, 0.4) is 0 Å². The average Bonchev–Trinajstić information content (AvgIpc) is 3.50. The molecular weight excluding hydrogens is 488 g/mol. The molecule has 162 valence electrons. The molecule has 3 aliphatic carbocycles. The second kappa shape index (κ2) is 8.40. The average molecular weight is 514 g/mol. The first-order chi connectivity index (χ1) is 16.9. The zero-order chi connectivity index (χ0) is 22.5. The number of fused-ring (bicyclic) bond motifs is 3. The van der Waals surface area contributed by atoms with Crippen molar-refractivity contribution < 1.29 is 21.3 Å². The molecule has 7 rings (SSSR count). The summed E-state index contributed by atoms with van der Waals surface area (Å²) in [5.74, 6) is 0. The Morgan fingerprint density at radius 2 is 1.15 bits per heavy atom. The number of benzene rings is 4. The molecule has 3 aliphatic rings. The van der Waals surface area contributed by atoms with E-state index in [2.05, 4.69) is 115 Å². The van der Waals surface area contributed by atoms with E-state index in [4.69, 9.17) is 0 Å². The molecule has 1 saturated carbocycles. The molecule has 0 bridgehead atoms. The van der Waals surface area contributed by atoms with E-state index in [1.807, 2.05) is 3.21 Å². The van der Waals surface area contributed by atoms with Gasteiger partial charge in [0, 0.05) is 0 Å². The summed E-state index contributed by atoms with van der Waals surface area (Å²) in [5, 5.41) is 0. The van der Waals surface area contributed by atoms with Crippen LogP contribution in [-0.2, 0) is 21.3 Å². The van der Waals surface area contributed by atoms with E-state index in [1.165, 1.54) is 52.6 Å². The van der Waals surface area contributed by atoms with Gasteiger partial charge in [-0.15, -0.1) is 0 Å². The molecule has 0 unspecified atom stereocenters. The Morgan fingerprint density at radius 3 is 1.62 bits per heavy atom. The third-order valence-electron chi connectivity index (χ3n) is 7.52. The molecular formula is C33H26Zr. The van der Waals surface area contributed by atoms with Crippen molar-refractivity contribution in [3.8, 4) is 33.4 Å². The summed E-state index contributed by atoms with van der Waals surface area (Å²) >= 11 is -1.97. The predicted octanol–water partition coefficient (Wildman–Crippen LogP) is 8.52. The van der Waals surface area contributed by atoms with Crippen LogP contribution in [0, 0.1) is 0 Å². The van der Waals surface area contributed by atoms with Crippen molar-refractivity contribution in [3.63, 3.8) is 0 Å². The van der Waals surface area contributed by atoms with Gasteiger partial charge < -0.3 is 0 Å². The first-order valence-electron chi connectivity index (χ1n) is 12.3. The van der Waals surface area contributed by atoms with Crippen LogP contribution < -0.4 is 0 Å².